The molecule has 0 bridgehead atoms. The van der Waals surface area contributed by atoms with Gasteiger partial charge in [0.15, 0.2) is 0 Å². The Kier molecular flexibility index (Phi) is 15.9. The molecule has 0 aliphatic rings. The van der Waals surface area contributed by atoms with Gasteiger partial charge in [0.1, 0.15) is 36.5 Å². The molecule has 13 heteroatoms. The Bertz CT molecular complexity index is 1730. The quantitative estimate of drug-likeness (QED) is 0.102. The summed E-state index contributed by atoms with van der Waals surface area (Å²) in [4.78, 5) is 91.1. The number of primary amides is 1. The van der Waals surface area contributed by atoms with Crippen LogP contribution >= 0.6 is 0 Å². The summed E-state index contributed by atoms with van der Waals surface area (Å²) in [7, 11) is 0. The molecule has 282 valence electrons. The number of carbonyl (C=O) groups is 7. The van der Waals surface area contributed by atoms with Crippen LogP contribution in [0.5, 0.6) is 0 Å². The van der Waals surface area contributed by atoms with Crippen molar-refractivity contribution in [3.05, 3.63) is 107 Å². The minimum Gasteiger partial charge on any atom is -0.368 e. The zero-order chi connectivity index (χ0) is 39.1. The highest BCUT2D eigenvalue weighted by molar-refractivity contribution is 6.00. The molecule has 0 radical (unpaired) electrons. The summed E-state index contributed by atoms with van der Waals surface area (Å²) in [6.07, 6.45) is 1.02. The Morgan fingerprint density at radius 1 is 0.604 bits per heavy atom. The van der Waals surface area contributed by atoms with Crippen LogP contribution in [-0.2, 0) is 36.8 Å². The van der Waals surface area contributed by atoms with Gasteiger partial charge >= 0.3 is 0 Å². The number of nitrogens with two attached hydrogens (primary N) is 1. The highest BCUT2D eigenvalue weighted by Gasteiger charge is 2.33. The van der Waals surface area contributed by atoms with E-state index in [1.807, 2.05) is 26.0 Å². The lowest BCUT2D eigenvalue weighted by molar-refractivity contribution is -0.135. The van der Waals surface area contributed by atoms with Gasteiger partial charge in [-0.1, -0.05) is 100 Å². The number of amides is 6. The maximum Gasteiger partial charge on any atom is 0.251 e. The van der Waals surface area contributed by atoms with E-state index >= 15 is 0 Å². The van der Waals surface area contributed by atoms with E-state index in [1.54, 1.807) is 74.5 Å². The van der Waals surface area contributed by atoms with Gasteiger partial charge in [-0.15, -0.1) is 0 Å². The van der Waals surface area contributed by atoms with Gasteiger partial charge < -0.3 is 32.3 Å². The summed E-state index contributed by atoms with van der Waals surface area (Å²) in [6.45, 7) is 8.68. The lowest BCUT2D eigenvalue weighted by atomic mass is 9.98. The molecule has 3 aromatic carbocycles. The number of nitrogens with one attached hydrogen (secondary N) is 5. The van der Waals surface area contributed by atoms with Gasteiger partial charge in [-0.05, 0) is 48.4 Å². The minimum absolute atomic E-state index is 0.00960. The maximum absolute atomic E-state index is 14.0. The highest BCUT2D eigenvalue weighted by atomic mass is 16.2. The molecule has 0 heterocycles. The van der Waals surface area contributed by atoms with Crippen molar-refractivity contribution in [3.63, 3.8) is 0 Å². The zero-order valence-electron chi connectivity index (χ0n) is 30.8. The molecule has 3 aromatic rings. The van der Waals surface area contributed by atoms with Gasteiger partial charge in [0.2, 0.25) is 29.5 Å². The van der Waals surface area contributed by atoms with Gasteiger partial charge in [-0.25, -0.2) is 0 Å². The topological polar surface area (TPSA) is 206 Å². The zero-order valence-corrected chi connectivity index (χ0v) is 30.8. The molecule has 0 spiro atoms. The Balaban J connectivity index is 1.86. The van der Waals surface area contributed by atoms with E-state index in [-0.39, 0.29) is 30.7 Å². The van der Waals surface area contributed by atoms with Crippen LogP contribution in [0.4, 0.5) is 0 Å². The first kappa shape index (κ1) is 41.6. The van der Waals surface area contributed by atoms with Crippen LogP contribution in [0.25, 0.3) is 0 Å². The van der Waals surface area contributed by atoms with Crippen molar-refractivity contribution >= 4 is 41.7 Å². The molecule has 53 heavy (non-hydrogen) atoms. The first-order chi connectivity index (χ1) is 25.2. The standard InChI is InChI=1S/C40H50N6O7/c1-24(2)19-31(43-36(49)30-18-12-17-29(20-30)23-47)39(52)46-34(25(3)4)40(53)45-33(22-28-15-10-7-11-16-28)38(51)44-32(21-27-13-8-6-9-14-27)37(50)42-26(5)35(41)48/h6-18,20,23-26,31-34H,19,21-22H2,1-5H3,(H2,41,48)(H,42,50)(H,43,49)(H,44,51)(H,45,53)(H,46,52)/t26-,31-,32-,33-,34-/m1/s1. The van der Waals surface area contributed by atoms with Crippen LogP contribution in [0.2, 0.25) is 0 Å². The fourth-order valence-corrected chi connectivity index (χ4v) is 5.52. The average Bonchev–Trinajstić information content (AvgIpc) is 3.13. The first-order valence-electron chi connectivity index (χ1n) is 17.6. The van der Waals surface area contributed by atoms with Crippen LogP contribution in [0, 0.1) is 11.8 Å². The predicted octanol–water partition coefficient (Wildman–Crippen LogP) is 2.23. The van der Waals surface area contributed by atoms with E-state index in [1.165, 1.54) is 19.1 Å². The number of aldehydes is 1. The van der Waals surface area contributed by atoms with Crippen molar-refractivity contribution in [1.29, 1.82) is 0 Å². The summed E-state index contributed by atoms with van der Waals surface area (Å²) in [5.74, 6) is -4.30. The van der Waals surface area contributed by atoms with Crippen molar-refractivity contribution < 1.29 is 33.6 Å². The average molecular weight is 727 g/mol. The first-order valence-corrected chi connectivity index (χ1v) is 17.6. The summed E-state index contributed by atoms with van der Waals surface area (Å²) >= 11 is 0. The van der Waals surface area contributed by atoms with E-state index in [2.05, 4.69) is 26.6 Å². The Hall–Kier alpha value is -5.85. The Labute approximate surface area is 310 Å². The monoisotopic (exact) mass is 726 g/mol. The molecule has 0 unspecified atom stereocenters. The third-order valence-electron chi connectivity index (χ3n) is 8.48. The number of rotatable bonds is 19. The van der Waals surface area contributed by atoms with Crippen molar-refractivity contribution in [3.8, 4) is 0 Å². The predicted molar refractivity (Wildman–Crippen MR) is 200 cm³/mol. The number of carbonyl (C=O) groups excluding carboxylic acids is 7. The Morgan fingerprint density at radius 2 is 1.11 bits per heavy atom. The van der Waals surface area contributed by atoms with E-state index in [0.29, 0.717) is 11.8 Å². The second-order valence-corrected chi connectivity index (χ2v) is 13.8. The molecule has 5 atom stereocenters. The van der Waals surface area contributed by atoms with Gasteiger partial charge in [0, 0.05) is 24.0 Å². The molecule has 0 aliphatic heterocycles. The van der Waals surface area contributed by atoms with Crippen LogP contribution in [0.15, 0.2) is 84.9 Å². The highest BCUT2D eigenvalue weighted by Crippen LogP contribution is 2.12. The fraction of sp³-hybridized carbons (Fsp3) is 0.375. The van der Waals surface area contributed by atoms with Crippen LogP contribution in [0.3, 0.4) is 0 Å². The molecule has 6 amide bonds. The number of hydrogen-bond acceptors (Lipinski definition) is 7. The molecule has 7 N–H and O–H groups in total. The molecular formula is C40H50N6O7. The second kappa shape index (κ2) is 20.3. The SMILES string of the molecule is CC(C)C[C@@H](NC(=O)c1cccc(C=O)c1)C(=O)N[C@@H](C(=O)N[C@H](Cc1ccccc1)C(=O)N[C@H](Cc1ccccc1)C(=O)N[C@H](C)C(N)=O)C(C)C. The third-order valence-corrected chi connectivity index (χ3v) is 8.48. The van der Waals surface area contributed by atoms with E-state index in [0.717, 1.165) is 11.1 Å². The molecule has 0 aromatic heterocycles. The van der Waals surface area contributed by atoms with E-state index in [4.69, 9.17) is 5.73 Å². The second-order valence-electron chi connectivity index (χ2n) is 13.8. The smallest absolute Gasteiger partial charge is 0.251 e. The summed E-state index contributed by atoms with van der Waals surface area (Å²) < 4.78 is 0. The van der Waals surface area contributed by atoms with E-state index < -0.39 is 71.6 Å². The molecule has 0 fully saturated rings. The molecule has 0 aliphatic carbocycles. The molecule has 13 nitrogen and oxygen atoms in total. The summed E-state index contributed by atoms with van der Waals surface area (Å²) in [5.41, 5.74) is 7.34. The fourth-order valence-electron chi connectivity index (χ4n) is 5.52. The van der Waals surface area contributed by atoms with Gasteiger partial charge in [0.05, 0.1) is 0 Å². The molecular weight excluding hydrogens is 676 g/mol. The number of benzene rings is 3. The lowest BCUT2D eigenvalue weighted by Crippen LogP contribution is -2.60. The maximum atomic E-state index is 14.0. The van der Waals surface area contributed by atoms with Gasteiger partial charge in [-0.3, -0.25) is 33.6 Å². The minimum atomic E-state index is -1.18. The van der Waals surface area contributed by atoms with Gasteiger partial charge in [-0.2, -0.15) is 0 Å². The number of hydrogen-bond donors (Lipinski definition) is 6. The summed E-state index contributed by atoms with van der Waals surface area (Å²) in [5, 5.41) is 13.6. The Morgan fingerprint density at radius 3 is 1.60 bits per heavy atom. The molecule has 0 saturated heterocycles. The summed E-state index contributed by atoms with van der Waals surface area (Å²) in [6, 6.07) is 18.6. The lowest BCUT2D eigenvalue weighted by Gasteiger charge is -2.29. The van der Waals surface area contributed by atoms with Crippen LogP contribution in [0.1, 0.15) is 72.9 Å². The van der Waals surface area contributed by atoms with Crippen molar-refractivity contribution in [2.24, 2.45) is 17.6 Å². The van der Waals surface area contributed by atoms with Crippen LogP contribution in [-0.4, -0.2) is 71.9 Å². The van der Waals surface area contributed by atoms with Crippen molar-refractivity contribution in [1.82, 2.24) is 26.6 Å². The van der Waals surface area contributed by atoms with E-state index in [9.17, 15) is 33.6 Å². The largest absolute Gasteiger partial charge is 0.368 e. The third kappa shape index (κ3) is 13.3. The normalized spacial score (nSPS) is 13.8. The molecule has 3 rings (SSSR count). The van der Waals surface area contributed by atoms with Crippen molar-refractivity contribution in [2.75, 3.05) is 0 Å². The molecule has 0 saturated carbocycles. The van der Waals surface area contributed by atoms with Gasteiger partial charge in [0.25, 0.3) is 5.91 Å². The van der Waals surface area contributed by atoms with Crippen LogP contribution < -0.4 is 32.3 Å². The van der Waals surface area contributed by atoms with Crippen molar-refractivity contribution in [2.45, 2.75) is 84.1 Å².